The molecular formula is C136H92N4. The summed E-state index contributed by atoms with van der Waals surface area (Å²) < 4.78 is 7.49. The Morgan fingerprint density at radius 3 is 0.900 bits per heavy atom. The SMILES string of the molecule is CC1(C)c2cc(-c3ccc4ccccc4c3)ccc2-c2ccc(-n3c4ccccc4c4c5c6ccccc6ccc5c5ccccc5c43)cc21.CC1(C)c2ccccc2-c2ccc(-c3ccc(-n4c5ccccc5c5c6c7ccccc7ccc6c6ccccc6c54)cc3)cc21.c1ccc(N(c2ccccc2)c2ccc(-n3c4ccccc4c4c5c6ccccc6ccc5c5ccccc5c43)cc2)cc1. The third kappa shape index (κ3) is 12.2. The Morgan fingerprint density at radius 1 is 0.164 bits per heavy atom. The van der Waals surface area contributed by atoms with Gasteiger partial charge in [-0.3, -0.25) is 0 Å². The van der Waals surface area contributed by atoms with Gasteiger partial charge in [-0.1, -0.05) is 404 Å². The molecule has 3 aromatic heterocycles. The van der Waals surface area contributed by atoms with Crippen LogP contribution in [0.15, 0.2) is 485 Å². The number of hydrogen-bond acceptors (Lipinski definition) is 1. The van der Waals surface area contributed by atoms with Crippen molar-refractivity contribution in [2.45, 2.75) is 38.5 Å². The summed E-state index contributed by atoms with van der Waals surface area (Å²) in [6, 6.07) is 179. The fraction of sp³-hybridized carbons (Fsp3) is 0.0441. The quantitative estimate of drug-likeness (QED) is 0.139. The zero-order chi connectivity index (χ0) is 92.7. The minimum absolute atomic E-state index is 0.0150. The smallest absolute Gasteiger partial charge is 0.0626 e. The lowest BCUT2D eigenvalue weighted by molar-refractivity contribution is 0.660. The van der Waals surface area contributed by atoms with E-state index >= 15 is 0 Å². The van der Waals surface area contributed by atoms with Gasteiger partial charge in [0.1, 0.15) is 0 Å². The van der Waals surface area contributed by atoms with Gasteiger partial charge in [0.05, 0.1) is 33.1 Å². The summed E-state index contributed by atoms with van der Waals surface area (Å²) in [5.41, 5.74) is 30.2. The molecule has 0 bridgehead atoms. The van der Waals surface area contributed by atoms with E-state index in [-0.39, 0.29) is 10.8 Å². The molecule has 28 aromatic rings. The minimum atomic E-state index is -0.155. The Balaban J connectivity index is 0.000000103. The topological polar surface area (TPSA) is 18.0 Å². The van der Waals surface area contributed by atoms with E-state index in [1.165, 1.54) is 251 Å². The maximum Gasteiger partial charge on any atom is 0.0626 e. The number of benzene rings is 25. The lowest BCUT2D eigenvalue weighted by Crippen LogP contribution is -2.15. The molecule has 3 heterocycles. The Kier molecular flexibility index (Phi) is 18.1. The fourth-order valence-electron chi connectivity index (χ4n) is 24.6. The molecule has 0 unspecified atom stereocenters. The van der Waals surface area contributed by atoms with Crippen LogP contribution in [0.3, 0.4) is 0 Å². The van der Waals surface area contributed by atoms with Crippen molar-refractivity contribution in [3.05, 3.63) is 508 Å². The lowest BCUT2D eigenvalue weighted by Gasteiger charge is -2.25. The Hall–Kier alpha value is -17.7. The number of anilines is 3. The molecule has 30 rings (SSSR count). The second-order valence-corrected chi connectivity index (χ2v) is 39.2. The van der Waals surface area contributed by atoms with Gasteiger partial charge in [0.25, 0.3) is 0 Å². The normalized spacial score (nSPS) is 13.0. The molecule has 0 fully saturated rings. The monoisotopic (exact) mass is 1780 g/mol. The highest BCUT2D eigenvalue weighted by Gasteiger charge is 2.38. The van der Waals surface area contributed by atoms with Crippen molar-refractivity contribution in [1.29, 1.82) is 0 Å². The van der Waals surface area contributed by atoms with Gasteiger partial charge in [-0.15, -0.1) is 0 Å². The number of aromatic nitrogens is 3. The van der Waals surface area contributed by atoms with Crippen molar-refractivity contribution in [3.63, 3.8) is 0 Å². The maximum atomic E-state index is 2.54. The van der Waals surface area contributed by atoms with Crippen LogP contribution in [0.5, 0.6) is 0 Å². The van der Waals surface area contributed by atoms with Crippen LogP contribution in [-0.2, 0) is 10.8 Å². The molecule has 0 atom stereocenters. The molecule has 0 spiro atoms. The van der Waals surface area contributed by atoms with E-state index in [0.717, 1.165) is 22.7 Å². The number of hydrogen-bond donors (Lipinski definition) is 0. The average molecular weight is 1780 g/mol. The molecule has 0 saturated heterocycles. The number of rotatable bonds is 8. The first-order chi connectivity index (χ1) is 69.0. The summed E-state index contributed by atoms with van der Waals surface area (Å²) in [6.45, 7) is 9.49. The van der Waals surface area contributed by atoms with E-state index in [1.807, 2.05) is 0 Å². The summed E-state index contributed by atoms with van der Waals surface area (Å²) in [5, 5.41) is 33.7. The van der Waals surface area contributed by atoms with Crippen molar-refractivity contribution in [2.75, 3.05) is 4.90 Å². The van der Waals surface area contributed by atoms with Crippen molar-refractivity contribution in [3.8, 4) is 61.6 Å². The van der Waals surface area contributed by atoms with E-state index in [1.54, 1.807) is 0 Å². The predicted octanol–water partition coefficient (Wildman–Crippen LogP) is 37.3. The van der Waals surface area contributed by atoms with Crippen LogP contribution in [0, 0.1) is 0 Å². The first kappa shape index (κ1) is 80.7. The zero-order valence-corrected chi connectivity index (χ0v) is 78.0. The van der Waals surface area contributed by atoms with E-state index in [2.05, 4.69) is 532 Å². The summed E-state index contributed by atoms with van der Waals surface area (Å²) in [7, 11) is 0. The molecule has 0 radical (unpaired) electrons. The Labute approximate surface area is 810 Å². The van der Waals surface area contributed by atoms with Gasteiger partial charge in [0, 0.05) is 110 Å². The van der Waals surface area contributed by atoms with Gasteiger partial charge in [0.2, 0.25) is 0 Å². The Bertz CT molecular complexity index is 10000. The number of nitrogens with zero attached hydrogens (tertiary/aromatic N) is 4. The van der Waals surface area contributed by atoms with Crippen LogP contribution in [0.25, 0.3) is 235 Å². The average Bonchev–Trinajstić information content (AvgIpc) is 1.55. The molecule has 4 nitrogen and oxygen atoms in total. The molecule has 0 N–H and O–H groups in total. The summed E-state index contributed by atoms with van der Waals surface area (Å²) in [5.74, 6) is 0. The second-order valence-electron chi connectivity index (χ2n) is 39.2. The molecule has 25 aromatic carbocycles. The molecule has 656 valence electrons. The highest BCUT2D eigenvalue weighted by molar-refractivity contribution is 6.40. The number of para-hydroxylation sites is 5. The predicted molar refractivity (Wildman–Crippen MR) is 598 cm³/mol. The molecule has 0 saturated carbocycles. The second kappa shape index (κ2) is 31.4. The summed E-state index contributed by atoms with van der Waals surface area (Å²) >= 11 is 0. The zero-order valence-electron chi connectivity index (χ0n) is 78.0. The van der Waals surface area contributed by atoms with E-state index < -0.39 is 0 Å². The van der Waals surface area contributed by atoms with Crippen molar-refractivity contribution in [1.82, 2.24) is 13.7 Å². The standard InChI is InChI=1S/C49H33N.C45H31N.C42H28N2/c1-49(2)43-28-34(33-20-19-30-11-3-4-13-32(30)27-33)22-24-38(43)39-26-23-35(29-44(39)49)50-45-18-10-9-17-42(45)47-46-36-14-6-5-12-31(36)21-25-40(46)37-15-7-8-16-41(37)48(47)50;1-45(2)39-17-9-7-14-34(39)35-25-22-30(27-40(35)45)28-19-23-31(24-20-28)46-41-18-10-8-16-38(41)43-42-32-12-4-3-11-29(32)21-26-36(42)33-13-5-6-15-37(33)44(43)46;1-3-14-30(15-4-1)43(31-16-5-2-6-17-31)32-24-26-33(27-25-32)44-39-22-12-11-21-38(39)41-40-34-18-8-7-13-29(34)23-28-36(40)35-19-9-10-20-37(35)42(41)44/h3-29H,1-2H3;3-27H,1-2H3;1-28H. The molecule has 140 heavy (non-hydrogen) atoms. The lowest BCUT2D eigenvalue weighted by atomic mass is 9.81. The third-order valence-electron chi connectivity index (χ3n) is 31.0. The van der Waals surface area contributed by atoms with Gasteiger partial charge in [-0.25, -0.2) is 0 Å². The summed E-state index contributed by atoms with van der Waals surface area (Å²) in [4.78, 5) is 2.31. The van der Waals surface area contributed by atoms with Gasteiger partial charge < -0.3 is 18.6 Å². The van der Waals surface area contributed by atoms with E-state index in [9.17, 15) is 0 Å². The molecular weight excluding hydrogens is 1690 g/mol. The van der Waals surface area contributed by atoms with Crippen LogP contribution in [0.4, 0.5) is 17.1 Å². The van der Waals surface area contributed by atoms with Gasteiger partial charge in [-0.05, 0) is 251 Å². The summed E-state index contributed by atoms with van der Waals surface area (Å²) in [6.07, 6.45) is 0. The molecule has 2 aliphatic carbocycles. The molecule has 0 aliphatic heterocycles. The van der Waals surface area contributed by atoms with Crippen LogP contribution in [0.1, 0.15) is 49.9 Å². The van der Waals surface area contributed by atoms with Crippen molar-refractivity contribution >= 4 is 190 Å². The highest BCUT2D eigenvalue weighted by Crippen LogP contribution is 2.56. The number of fused-ring (bicyclic) bond motifs is 37. The van der Waals surface area contributed by atoms with E-state index in [4.69, 9.17) is 0 Å². The largest absolute Gasteiger partial charge is 0.311 e. The van der Waals surface area contributed by atoms with Crippen molar-refractivity contribution in [2.24, 2.45) is 0 Å². The van der Waals surface area contributed by atoms with Crippen LogP contribution >= 0.6 is 0 Å². The highest BCUT2D eigenvalue weighted by atomic mass is 15.1. The van der Waals surface area contributed by atoms with Gasteiger partial charge >= 0.3 is 0 Å². The Morgan fingerprint density at radius 2 is 0.450 bits per heavy atom. The first-order valence-corrected chi connectivity index (χ1v) is 48.9. The van der Waals surface area contributed by atoms with Crippen molar-refractivity contribution < 1.29 is 0 Å². The third-order valence-corrected chi connectivity index (χ3v) is 31.0. The van der Waals surface area contributed by atoms with E-state index in [0.29, 0.717) is 0 Å². The minimum Gasteiger partial charge on any atom is -0.311 e. The van der Waals surface area contributed by atoms with Crippen LogP contribution in [0.2, 0.25) is 0 Å². The fourth-order valence-corrected chi connectivity index (χ4v) is 24.6. The van der Waals surface area contributed by atoms with Crippen LogP contribution < -0.4 is 4.90 Å². The van der Waals surface area contributed by atoms with Crippen LogP contribution in [-0.4, -0.2) is 13.7 Å². The molecule has 2 aliphatic rings. The maximum absolute atomic E-state index is 2.54. The van der Waals surface area contributed by atoms with Gasteiger partial charge in [0.15, 0.2) is 0 Å². The molecule has 0 amide bonds. The van der Waals surface area contributed by atoms with Gasteiger partial charge in [-0.2, -0.15) is 0 Å². The molecule has 4 heteroatoms. The first-order valence-electron chi connectivity index (χ1n) is 48.9.